The highest BCUT2D eigenvalue weighted by molar-refractivity contribution is 6.39. The van der Waals surface area contributed by atoms with Crippen LogP contribution in [0.5, 0.6) is 0 Å². The van der Waals surface area contributed by atoms with Gasteiger partial charge >= 0.3 is 6.18 Å². The fourth-order valence-corrected chi connectivity index (χ4v) is 2.73. The van der Waals surface area contributed by atoms with E-state index in [4.69, 9.17) is 28.3 Å². The van der Waals surface area contributed by atoms with E-state index < -0.39 is 11.7 Å². The van der Waals surface area contributed by atoms with Gasteiger partial charge in [0, 0.05) is 12.2 Å². The molecule has 4 nitrogen and oxygen atoms in total. The Kier molecular flexibility index (Phi) is 6.75. The number of nitrogens with one attached hydrogen (secondary N) is 2. The van der Waals surface area contributed by atoms with Crippen LogP contribution in [0.15, 0.2) is 36.4 Å². The van der Waals surface area contributed by atoms with Crippen LogP contribution in [0.2, 0.25) is 10.0 Å². The lowest BCUT2D eigenvalue weighted by Crippen LogP contribution is -2.27. The van der Waals surface area contributed by atoms with Crippen molar-refractivity contribution in [3.8, 4) is 0 Å². The van der Waals surface area contributed by atoms with Crippen molar-refractivity contribution in [2.45, 2.75) is 12.6 Å². The Morgan fingerprint density at radius 2 is 1.65 bits per heavy atom. The standard InChI is InChI=1S/C17H15Cl2F3N2O2/c18-13-8-11(17(20,21)22)9-14(19)16(13)24-12-3-1-10(2-4-12)7-15(26)23-5-6-25/h1-4,8-9,24-25H,5-7H2,(H,23,26). The topological polar surface area (TPSA) is 61.4 Å². The third kappa shape index (κ3) is 5.52. The van der Waals surface area contributed by atoms with Gasteiger partial charge in [0.05, 0.1) is 34.3 Å². The predicted octanol–water partition coefficient (Wildman–Crippen LogP) is 4.41. The number of aliphatic hydroxyl groups is 1. The van der Waals surface area contributed by atoms with Gasteiger partial charge in [-0.15, -0.1) is 0 Å². The van der Waals surface area contributed by atoms with Gasteiger partial charge in [-0.3, -0.25) is 4.79 Å². The van der Waals surface area contributed by atoms with Crippen LogP contribution in [0.1, 0.15) is 11.1 Å². The van der Waals surface area contributed by atoms with E-state index in [0.717, 1.165) is 17.7 Å². The fraction of sp³-hybridized carbons (Fsp3) is 0.235. The van der Waals surface area contributed by atoms with Crippen LogP contribution in [-0.4, -0.2) is 24.2 Å². The van der Waals surface area contributed by atoms with Crippen molar-refractivity contribution in [3.63, 3.8) is 0 Å². The molecule has 3 N–H and O–H groups in total. The largest absolute Gasteiger partial charge is 0.416 e. The SMILES string of the molecule is O=C(Cc1ccc(Nc2c(Cl)cc(C(F)(F)F)cc2Cl)cc1)NCCO. The van der Waals surface area contributed by atoms with Crippen LogP contribution in [0.4, 0.5) is 24.5 Å². The Labute approximate surface area is 157 Å². The Bertz CT molecular complexity index is 758. The minimum Gasteiger partial charge on any atom is -0.395 e. The number of carbonyl (C=O) groups excluding carboxylic acids is 1. The number of amides is 1. The van der Waals surface area contributed by atoms with Crippen LogP contribution in [-0.2, 0) is 17.4 Å². The molecule has 0 spiro atoms. The molecule has 0 unspecified atom stereocenters. The smallest absolute Gasteiger partial charge is 0.395 e. The minimum absolute atomic E-state index is 0.136. The van der Waals surface area contributed by atoms with Crippen molar-refractivity contribution in [2.75, 3.05) is 18.5 Å². The second-order valence-corrected chi connectivity index (χ2v) is 6.20. The van der Waals surface area contributed by atoms with E-state index in [2.05, 4.69) is 10.6 Å². The zero-order chi connectivity index (χ0) is 19.3. The maximum atomic E-state index is 12.7. The van der Waals surface area contributed by atoms with Crippen molar-refractivity contribution in [3.05, 3.63) is 57.6 Å². The van der Waals surface area contributed by atoms with Gasteiger partial charge in [-0.1, -0.05) is 35.3 Å². The number of aliphatic hydroxyl groups excluding tert-OH is 1. The van der Waals surface area contributed by atoms with Gasteiger partial charge in [-0.05, 0) is 29.8 Å². The normalized spacial score (nSPS) is 11.3. The summed E-state index contributed by atoms with van der Waals surface area (Å²) in [5.41, 5.74) is 0.515. The molecule has 2 aromatic rings. The first kappa shape index (κ1) is 20.4. The highest BCUT2D eigenvalue weighted by Gasteiger charge is 2.32. The van der Waals surface area contributed by atoms with Crippen LogP contribution < -0.4 is 10.6 Å². The maximum Gasteiger partial charge on any atom is 0.416 e. The number of carbonyl (C=O) groups is 1. The summed E-state index contributed by atoms with van der Waals surface area (Å²) in [5.74, 6) is -0.228. The molecule has 0 atom stereocenters. The van der Waals surface area contributed by atoms with Crippen molar-refractivity contribution < 1.29 is 23.1 Å². The molecular formula is C17H15Cl2F3N2O2. The lowest BCUT2D eigenvalue weighted by atomic mass is 10.1. The van der Waals surface area contributed by atoms with Gasteiger partial charge in [-0.25, -0.2) is 0 Å². The van der Waals surface area contributed by atoms with Gasteiger partial charge in [0.15, 0.2) is 0 Å². The molecule has 0 saturated heterocycles. The lowest BCUT2D eigenvalue weighted by Gasteiger charge is -2.14. The summed E-state index contributed by atoms with van der Waals surface area (Å²) in [6.07, 6.45) is -4.40. The molecule has 26 heavy (non-hydrogen) atoms. The fourth-order valence-electron chi connectivity index (χ4n) is 2.15. The zero-order valence-electron chi connectivity index (χ0n) is 13.3. The van der Waals surface area contributed by atoms with Crippen molar-refractivity contribution in [2.24, 2.45) is 0 Å². The quantitative estimate of drug-likeness (QED) is 0.665. The second kappa shape index (κ2) is 8.62. The molecule has 2 rings (SSSR count). The maximum absolute atomic E-state index is 12.7. The van der Waals surface area contributed by atoms with E-state index in [1.54, 1.807) is 24.3 Å². The van der Waals surface area contributed by atoms with Crippen molar-refractivity contribution in [1.29, 1.82) is 0 Å². The number of anilines is 2. The number of halogens is 5. The summed E-state index contributed by atoms with van der Waals surface area (Å²) in [6.45, 7) is 0.0483. The molecule has 140 valence electrons. The second-order valence-electron chi connectivity index (χ2n) is 5.38. The minimum atomic E-state index is -4.54. The van der Waals surface area contributed by atoms with E-state index >= 15 is 0 Å². The molecule has 1 amide bonds. The van der Waals surface area contributed by atoms with E-state index in [9.17, 15) is 18.0 Å². The summed E-state index contributed by atoms with van der Waals surface area (Å²) in [6, 6.07) is 8.28. The molecular weight excluding hydrogens is 392 g/mol. The van der Waals surface area contributed by atoms with E-state index in [1.807, 2.05) is 0 Å². The van der Waals surface area contributed by atoms with E-state index in [1.165, 1.54) is 0 Å². The summed E-state index contributed by atoms with van der Waals surface area (Å²) in [4.78, 5) is 11.6. The third-order valence-corrected chi connectivity index (χ3v) is 3.99. The number of rotatable bonds is 6. The molecule has 0 fully saturated rings. The molecule has 0 aliphatic heterocycles. The Morgan fingerprint density at radius 1 is 1.08 bits per heavy atom. The first-order chi connectivity index (χ1) is 12.2. The molecule has 0 saturated carbocycles. The van der Waals surface area contributed by atoms with Crippen molar-refractivity contribution >= 4 is 40.5 Å². The number of hydrogen-bond acceptors (Lipinski definition) is 3. The first-order valence-corrected chi connectivity index (χ1v) is 8.26. The molecule has 0 bridgehead atoms. The summed E-state index contributed by atoms with van der Waals surface area (Å²) in [5, 5.41) is 13.8. The average molecular weight is 407 g/mol. The van der Waals surface area contributed by atoms with E-state index in [0.29, 0.717) is 5.69 Å². The highest BCUT2D eigenvalue weighted by Crippen LogP contribution is 2.39. The van der Waals surface area contributed by atoms with Crippen molar-refractivity contribution in [1.82, 2.24) is 5.32 Å². The number of alkyl halides is 3. The lowest BCUT2D eigenvalue weighted by molar-refractivity contribution is -0.137. The average Bonchev–Trinajstić information content (AvgIpc) is 2.56. The molecule has 2 aromatic carbocycles. The Morgan fingerprint density at radius 3 is 2.15 bits per heavy atom. The summed E-state index contributed by atoms with van der Waals surface area (Å²) >= 11 is 11.8. The van der Waals surface area contributed by atoms with E-state index in [-0.39, 0.29) is 41.2 Å². The first-order valence-electron chi connectivity index (χ1n) is 7.50. The van der Waals surface area contributed by atoms with Gasteiger partial charge in [0.2, 0.25) is 5.91 Å². The van der Waals surface area contributed by atoms with Gasteiger partial charge in [0.25, 0.3) is 0 Å². The van der Waals surface area contributed by atoms with Gasteiger partial charge < -0.3 is 15.7 Å². The van der Waals surface area contributed by atoms with Crippen LogP contribution >= 0.6 is 23.2 Å². The monoisotopic (exact) mass is 406 g/mol. The van der Waals surface area contributed by atoms with Crippen LogP contribution in [0, 0.1) is 0 Å². The molecule has 9 heteroatoms. The Balaban J connectivity index is 2.11. The highest BCUT2D eigenvalue weighted by atomic mass is 35.5. The Hall–Kier alpha value is -1.96. The summed E-state index contributed by atoms with van der Waals surface area (Å²) < 4.78 is 38.2. The van der Waals surface area contributed by atoms with Crippen LogP contribution in [0.25, 0.3) is 0 Å². The predicted molar refractivity (Wildman–Crippen MR) is 95.0 cm³/mol. The third-order valence-electron chi connectivity index (χ3n) is 3.39. The zero-order valence-corrected chi connectivity index (χ0v) is 14.8. The molecule has 0 aliphatic rings. The molecule has 0 aromatic heterocycles. The molecule has 0 aliphatic carbocycles. The number of benzene rings is 2. The molecule has 0 heterocycles. The molecule has 0 radical (unpaired) electrons. The number of hydrogen-bond donors (Lipinski definition) is 3. The van der Waals surface area contributed by atoms with Gasteiger partial charge in [0.1, 0.15) is 0 Å². The summed E-state index contributed by atoms with van der Waals surface area (Å²) in [7, 11) is 0. The van der Waals surface area contributed by atoms with Gasteiger partial charge in [-0.2, -0.15) is 13.2 Å². The van der Waals surface area contributed by atoms with Crippen LogP contribution in [0.3, 0.4) is 0 Å².